The molecule has 102 valence electrons. The average Bonchev–Trinajstić information content (AvgIpc) is 2.84. The summed E-state index contributed by atoms with van der Waals surface area (Å²) < 4.78 is 25.2. The van der Waals surface area contributed by atoms with Crippen LogP contribution < -0.4 is 5.32 Å². The zero-order valence-corrected chi connectivity index (χ0v) is 12.0. The molecule has 0 aliphatic heterocycles. The predicted octanol–water partition coefficient (Wildman–Crippen LogP) is 1.36. The van der Waals surface area contributed by atoms with Crippen LogP contribution in [-0.2, 0) is 23.3 Å². The van der Waals surface area contributed by atoms with E-state index in [0.29, 0.717) is 0 Å². The number of rotatable bonds is 4. The van der Waals surface area contributed by atoms with Gasteiger partial charge in [0.1, 0.15) is 0 Å². The molecule has 0 radical (unpaired) electrons. The molecule has 1 fully saturated rings. The van der Waals surface area contributed by atoms with Gasteiger partial charge in [-0.1, -0.05) is 6.92 Å². The summed E-state index contributed by atoms with van der Waals surface area (Å²) in [5, 5.41) is 7.48. The van der Waals surface area contributed by atoms with Crippen molar-refractivity contribution in [1.82, 2.24) is 9.78 Å². The number of anilines is 1. The second kappa shape index (κ2) is 4.91. The first-order valence-corrected chi connectivity index (χ1v) is 8.35. The highest BCUT2D eigenvalue weighted by Gasteiger charge is 2.35. The molecule has 1 aromatic rings. The Hall–Kier alpha value is -1.04. The molecule has 5 nitrogen and oxygen atoms in total. The highest BCUT2D eigenvalue weighted by Crippen LogP contribution is 2.28. The van der Waals surface area contributed by atoms with E-state index in [1.165, 1.54) is 6.26 Å². The van der Waals surface area contributed by atoms with Gasteiger partial charge in [0.15, 0.2) is 9.84 Å². The lowest BCUT2D eigenvalue weighted by atomic mass is 10.2. The van der Waals surface area contributed by atoms with Crippen molar-refractivity contribution in [1.29, 1.82) is 0 Å². The van der Waals surface area contributed by atoms with Crippen LogP contribution in [-0.4, -0.2) is 35.7 Å². The van der Waals surface area contributed by atoms with Crippen LogP contribution in [0.4, 0.5) is 5.69 Å². The summed E-state index contributed by atoms with van der Waals surface area (Å²) in [5.41, 5.74) is 1.97. The summed E-state index contributed by atoms with van der Waals surface area (Å²) in [7, 11) is -1.09. The molecule has 0 amide bonds. The van der Waals surface area contributed by atoms with Gasteiger partial charge in [-0.05, 0) is 25.7 Å². The molecule has 18 heavy (non-hydrogen) atoms. The second-order valence-corrected chi connectivity index (χ2v) is 7.33. The van der Waals surface area contributed by atoms with Crippen molar-refractivity contribution >= 4 is 15.5 Å². The fourth-order valence-corrected chi connectivity index (χ4v) is 4.12. The van der Waals surface area contributed by atoms with Gasteiger partial charge in [-0.25, -0.2) is 8.42 Å². The van der Waals surface area contributed by atoms with Crippen molar-refractivity contribution < 1.29 is 8.42 Å². The third kappa shape index (κ3) is 2.68. The van der Waals surface area contributed by atoms with Crippen LogP contribution in [0.1, 0.15) is 31.9 Å². The van der Waals surface area contributed by atoms with E-state index in [1.54, 1.807) is 4.68 Å². The fraction of sp³-hybridized carbons (Fsp3) is 0.750. The topological polar surface area (TPSA) is 64.0 Å². The lowest BCUT2D eigenvalue weighted by Crippen LogP contribution is -2.34. The standard InChI is InChI=1S/C12H21N3O2S/c1-4-9-11(8-15(2)14-9)13-10-6-5-7-12(10)18(3,16)17/h8,10,12-13H,4-7H2,1-3H3. The maximum Gasteiger partial charge on any atom is 0.152 e. The summed E-state index contributed by atoms with van der Waals surface area (Å²) in [4.78, 5) is 0. The van der Waals surface area contributed by atoms with E-state index < -0.39 is 9.84 Å². The Morgan fingerprint density at radius 2 is 2.22 bits per heavy atom. The minimum Gasteiger partial charge on any atom is -0.378 e. The van der Waals surface area contributed by atoms with E-state index in [4.69, 9.17) is 0 Å². The van der Waals surface area contributed by atoms with Gasteiger partial charge in [0.2, 0.25) is 0 Å². The molecule has 1 heterocycles. The van der Waals surface area contributed by atoms with Crippen LogP contribution in [0.25, 0.3) is 0 Å². The molecule has 1 aliphatic rings. The van der Waals surface area contributed by atoms with Crippen molar-refractivity contribution in [3.05, 3.63) is 11.9 Å². The van der Waals surface area contributed by atoms with E-state index in [2.05, 4.69) is 17.3 Å². The van der Waals surface area contributed by atoms with Crippen LogP contribution in [0, 0.1) is 0 Å². The van der Waals surface area contributed by atoms with Crippen LogP contribution in [0.15, 0.2) is 6.20 Å². The van der Waals surface area contributed by atoms with E-state index in [0.717, 1.165) is 37.1 Å². The second-order valence-electron chi connectivity index (χ2n) is 5.07. The molecule has 1 aliphatic carbocycles. The lowest BCUT2D eigenvalue weighted by molar-refractivity contribution is 0.579. The molecular weight excluding hydrogens is 250 g/mol. The highest BCUT2D eigenvalue weighted by atomic mass is 32.2. The van der Waals surface area contributed by atoms with Crippen LogP contribution in [0.2, 0.25) is 0 Å². The van der Waals surface area contributed by atoms with Crippen molar-refractivity contribution in [3.63, 3.8) is 0 Å². The van der Waals surface area contributed by atoms with Gasteiger partial charge in [0.25, 0.3) is 0 Å². The van der Waals surface area contributed by atoms with Crippen molar-refractivity contribution in [2.45, 2.75) is 43.9 Å². The Kier molecular flexibility index (Phi) is 3.66. The molecule has 0 aromatic carbocycles. The molecule has 2 rings (SSSR count). The molecule has 1 aromatic heterocycles. The maximum atomic E-state index is 11.7. The van der Waals surface area contributed by atoms with Gasteiger partial charge in [-0.15, -0.1) is 0 Å². The summed E-state index contributed by atoms with van der Waals surface area (Å²) >= 11 is 0. The molecule has 1 saturated carbocycles. The fourth-order valence-electron chi connectivity index (χ4n) is 2.72. The van der Waals surface area contributed by atoms with Gasteiger partial charge in [0, 0.05) is 25.5 Å². The zero-order chi connectivity index (χ0) is 13.3. The molecule has 1 N–H and O–H groups in total. The Morgan fingerprint density at radius 3 is 2.83 bits per heavy atom. The number of aromatic nitrogens is 2. The zero-order valence-electron chi connectivity index (χ0n) is 11.2. The SMILES string of the molecule is CCc1nn(C)cc1NC1CCCC1S(C)(=O)=O. The minimum absolute atomic E-state index is 0.0227. The summed E-state index contributed by atoms with van der Waals surface area (Å²) in [6.07, 6.45) is 6.75. The number of sulfone groups is 1. The minimum atomic E-state index is -2.97. The normalized spacial score (nSPS) is 24.4. The summed E-state index contributed by atoms with van der Waals surface area (Å²) in [5.74, 6) is 0. The van der Waals surface area contributed by atoms with Gasteiger partial charge in [-0.3, -0.25) is 4.68 Å². The quantitative estimate of drug-likeness (QED) is 0.898. The van der Waals surface area contributed by atoms with E-state index in [1.807, 2.05) is 13.2 Å². The van der Waals surface area contributed by atoms with E-state index in [9.17, 15) is 8.42 Å². The molecule has 2 unspecified atom stereocenters. The van der Waals surface area contributed by atoms with Crippen molar-refractivity contribution in [3.8, 4) is 0 Å². The molecular formula is C12H21N3O2S. The van der Waals surface area contributed by atoms with Crippen LogP contribution in [0.5, 0.6) is 0 Å². The predicted molar refractivity (Wildman–Crippen MR) is 72.5 cm³/mol. The van der Waals surface area contributed by atoms with Gasteiger partial charge < -0.3 is 5.32 Å². The van der Waals surface area contributed by atoms with E-state index in [-0.39, 0.29) is 11.3 Å². The molecule has 0 spiro atoms. The van der Waals surface area contributed by atoms with Crippen LogP contribution in [0.3, 0.4) is 0 Å². The molecule has 6 heteroatoms. The number of hydrogen-bond donors (Lipinski definition) is 1. The summed E-state index contributed by atoms with van der Waals surface area (Å²) in [6, 6.07) is 0.0227. The van der Waals surface area contributed by atoms with Gasteiger partial charge >= 0.3 is 0 Å². The Morgan fingerprint density at radius 1 is 1.50 bits per heavy atom. The van der Waals surface area contributed by atoms with Gasteiger partial charge in [-0.2, -0.15) is 5.10 Å². The molecule has 2 atom stereocenters. The highest BCUT2D eigenvalue weighted by molar-refractivity contribution is 7.91. The monoisotopic (exact) mass is 271 g/mol. The first-order chi connectivity index (χ1) is 8.41. The Labute approximate surface area is 108 Å². The Balaban J connectivity index is 2.18. The number of aryl methyl sites for hydroxylation is 2. The van der Waals surface area contributed by atoms with Crippen LogP contribution >= 0.6 is 0 Å². The Bertz CT molecular complexity index is 521. The largest absolute Gasteiger partial charge is 0.378 e. The maximum absolute atomic E-state index is 11.7. The third-order valence-electron chi connectivity index (χ3n) is 3.58. The number of nitrogens with one attached hydrogen (secondary N) is 1. The van der Waals surface area contributed by atoms with Crippen molar-refractivity contribution in [2.24, 2.45) is 7.05 Å². The first-order valence-electron chi connectivity index (χ1n) is 6.39. The van der Waals surface area contributed by atoms with Crippen molar-refractivity contribution in [2.75, 3.05) is 11.6 Å². The molecule has 0 bridgehead atoms. The number of hydrogen-bond acceptors (Lipinski definition) is 4. The smallest absolute Gasteiger partial charge is 0.152 e. The third-order valence-corrected chi connectivity index (χ3v) is 5.25. The van der Waals surface area contributed by atoms with Gasteiger partial charge in [0.05, 0.1) is 16.6 Å². The lowest BCUT2D eigenvalue weighted by Gasteiger charge is -2.20. The molecule has 0 saturated heterocycles. The van der Waals surface area contributed by atoms with E-state index >= 15 is 0 Å². The summed E-state index contributed by atoms with van der Waals surface area (Å²) in [6.45, 7) is 2.05. The average molecular weight is 271 g/mol. The first kappa shape index (κ1) is 13.4. The number of nitrogens with zero attached hydrogens (tertiary/aromatic N) is 2.